The largest absolute Gasteiger partial charge is 0.492 e. The summed E-state index contributed by atoms with van der Waals surface area (Å²) < 4.78 is 34.8. The summed E-state index contributed by atoms with van der Waals surface area (Å²) in [5, 5.41) is 12.4. The molecular weight excluding hydrogens is 360 g/mol. The fourth-order valence-electron chi connectivity index (χ4n) is 3.53. The number of alkyl halides is 1. The van der Waals surface area contributed by atoms with Crippen LogP contribution in [-0.2, 0) is 6.54 Å². The van der Waals surface area contributed by atoms with Gasteiger partial charge in [0.1, 0.15) is 17.9 Å². The van der Waals surface area contributed by atoms with Gasteiger partial charge in [0.15, 0.2) is 11.6 Å². The summed E-state index contributed by atoms with van der Waals surface area (Å²) in [5.41, 5.74) is -0.993. The maximum atomic E-state index is 15.0. The van der Waals surface area contributed by atoms with Crippen LogP contribution in [0.5, 0.6) is 5.75 Å². The highest BCUT2D eigenvalue weighted by Gasteiger charge is 2.27. The summed E-state index contributed by atoms with van der Waals surface area (Å²) in [7, 11) is 1.35. The third-order valence-electron chi connectivity index (χ3n) is 4.69. The summed E-state index contributed by atoms with van der Waals surface area (Å²) in [6.45, 7) is 2.71. The number of hydrogen-bond donors (Lipinski definition) is 2. The van der Waals surface area contributed by atoms with Crippen LogP contribution in [0.25, 0.3) is 10.9 Å². The number of carbonyl (C=O) groups is 1. The van der Waals surface area contributed by atoms with E-state index < -0.39 is 29.5 Å². The molecule has 0 amide bonds. The first-order valence-electron chi connectivity index (χ1n) is 8.60. The molecule has 1 aromatic heterocycles. The number of anilines is 1. The number of rotatable bonds is 5. The molecule has 0 saturated carbocycles. The molecule has 7 nitrogen and oxygen atoms in total. The fraction of sp³-hybridized carbons (Fsp3) is 0.444. The number of pyridine rings is 1. The van der Waals surface area contributed by atoms with E-state index in [0.717, 1.165) is 12.3 Å². The Morgan fingerprint density at radius 2 is 2.22 bits per heavy atom. The van der Waals surface area contributed by atoms with Gasteiger partial charge in [0.2, 0.25) is 5.43 Å². The molecule has 2 heterocycles. The van der Waals surface area contributed by atoms with Crippen molar-refractivity contribution in [3.63, 3.8) is 0 Å². The third kappa shape index (κ3) is 3.34. The minimum atomic E-state index is -1.45. The van der Waals surface area contributed by atoms with Crippen LogP contribution in [0.3, 0.4) is 0 Å². The van der Waals surface area contributed by atoms with E-state index in [1.807, 2.05) is 11.8 Å². The second-order valence-corrected chi connectivity index (χ2v) is 6.50. The second-order valence-electron chi connectivity index (χ2n) is 6.50. The molecule has 1 saturated heterocycles. The van der Waals surface area contributed by atoms with Crippen molar-refractivity contribution in [3.8, 4) is 5.75 Å². The van der Waals surface area contributed by atoms with Crippen LogP contribution in [0, 0.1) is 5.82 Å². The monoisotopic (exact) mass is 381 g/mol. The zero-order valence-corrected chi connectivity index (χ0v) is 15.1. The summed E-state index contributed by atoms with van der Waals surface area (Å²) >= 11 is 0. The van der Waals surface area contributed by atoms with Crippen LogP contribution < -0.4 is 20.4 Å². The fourth-order valence-corrected chi connectivity index (χ4v) is 3.53. The predicted octanol–water partition coefficient (Wildman–Crippen LogP) is 1.61. The van der Waals surface area contributed by atoms with E-state index in [9.17, 15) is 23.5 Å². The molecule has 2 N–H and O–H groups in total. The van der Waals surface area contributed by atoms with Crippen molar-refractivity contribution in [3.05, 3.63) is 33.9 Å². The Morgan fingerprint density at radius 3 is 2.81 bits per heavy atom. The summed E-state index contributed by atoms with van der Waals surface area (Å²) in [5.74, 6) is -2.03. The Balaban J connectivity index is 2.35. The van der Waals surface area contributed by atoms with E-state index in [0.29, 0.717) is 19.6 Å². The van der Waals surface area contributed by atoms with E-state index in [-0.39, 0.29) is 34.9 Å². The lowest BCUT2D eigenvalue weighted by Crippen LogP contribution is -2.49. The van der Waals surface area contributed by atoms with Gasteiger partial charge in [-0.15, -0.1) is 0 Å². The number of benzene rings is 1. The van der Waals surface area contributed by atoms with Gasteiger partial charge in [0.05, 0.1) is 24.6 Å². The van der Waals surface area contributed by atoms with E-state index >= 15 is 0 Å². The lowest BCUT2D eigenvalue weighted by molar-refractivity contribution is 0.0694. The molecule has 1 fully saturated rings. The molecule has 0 spiro atoms. The number of methoxy groups -OCH3 is 1. The zero-order chi connectivity index (χ0) is 19.7. The zero-order valence-electron chi connectivity index (χ0n) is 15.1. The topological polar surface area (TPSA) is 83.8 Å². The molecule has 1 aromatic carbocycles. The number of carboxylic acids is 1. The lowest BCUT2D eigenvalue weighted by Gasteiger charge is -2.35. The van der Waals surface area contributed by atoms with Gasteiger partial charge in [0, 0.05) is 31.9 Å². The number of hydrogen-bond acceptors (Lipinski definition) is 5. The first kappa shape index (κ1) is 19.1. The normalized spacial score (nSPS) is 17.3. The number of aryl methyl sites for hydroxylation is 1. The number of halogens is 2. The molecule has 146 valence electrons. The number of aromatic carboxylic acids is 1. The number of carboxylic acid groups (broad SMARTS) is 1. The molecule has 3 rings (SSSR count). The highest BCUT2D eigenvalue weighted by Crippen LogP contribution is 2.38. The standard InChI is InChI=1S/C18H21F2N3O4/c1-10-8-23(6-4-21-10)15-13(20)7-11-14(17(15)27-2)22(5-3-19)9-12(16(11)24)18(25)26/h7,9-10,21H,3-6,8H2,1-2H3,(H,25,26). The molecule has 2 aromatic rings. The van der Waals surface area contributed by atoms with Crippen LogP contribution in [0.4, 0.5) is 14.5 Å². The van der Waals surface area contributed by atoms with Gasteiger partial charge in [-0.25, -0.2) is 13.6 Å². The van der Waals surface area contributed by atoms with E-state index in [1.54, 1.807) is 0 Å². The molecule has 1 aliphatic heterocycles. The van der Waals surface area contributed by atoms with Crippen molar-refractivity contribution in [2.45, 2.75) is 19.5 Å². The van der Waals surface area contributed by atoms with Gasteiger partial charge in [-0.05, 0) is 13.0 Å². The molecule has 27 heavy (non-hydrogen) atoms. The van der Waals surface area contributed by atoms with E-state index in [4.69, 9.17) is 4.74 Å². The van der Waals surface area contributed by atoms with Crippen LogP contribution in [0.15, 0.2) is 17.1 Å². The Kier molecular flexibility index (Phi) is 5.31. The van der Waals surface area contributed by atoms with Gasteiger partial charge >= 0.3 is 5.97 Å². The molecule has 1 unspecified atom stereocenters. The van der Waals surface area contributed by atoms with Gasteiger partial charge < -0.3 is 24.6 Å². The number of piperazine rings is 1. The van der Waals surface area contributed by atoms with Crippen molar-refractivity contribution in [1.82, 2.24) is 9.88 Å². The summed E-state index contributed by atoms with van der Waals surface area (Å²) in [6.07, 6.45) is 1.08. The third-order valence-corrected chi connectivity index (χ3v) is 4.69. The second kappa shape index (κ2) is 7.51. The van der Waals surface area contributed by atoms with Gasteiger partial charge in [0.25, 0.3) is 0 Å². The molecule has 0 bridgehead atoms. The molecule has 1 aliphatic rings. The summed E-state index contributed by atoms with van der Waals surface area (Å²) in [6, 6.07) is 1.14. The van der Waals surface area contributed by atoms with Gasteiger partial charge in [-0.1, -0.05) is 0 Å². The van der Waals surface area contributed by atoms with E-state index in [1.165, 1.54) is 11.7 Å². The first-order valence-corrected chi connectivity index (χ1v) is 8.60. The van der Waals surface area contributed by atoms with Crippen molar-refractivity contribution in [2.75, 3.05) is 38.3 Å². The predicted molar refractivity (Wildman–Crippen MR) is 97.3 cm³/mol. The average molecular weight is 381 g/mol. The maximum absolute atomic E-state index is 15.0. The van der Waals surface area contributed by atoms with Crippen LogP contribution in [-0.4, -0.2) is 55.1 Å². The highest BCUT2D eigenvalue weighted by molar-refractivity contribution is 5.97. The molecule has 1 atom stereocenters. The lowest BCUT2D eigenvalue weighted by atomic mass is 10.1. The van der Waals surface area contributed by atoms with Gasteiger partial charge in [-0.2, -0.15) is 0 Å². The minimum Gasteiger partial charge on any atom is -0.492 e. The summed E-state index contributed by atoms with van der Waals surface area (Å²) in [4.78, 5) is 25.7. The first-order chi connectivity index (χ1) is 12.9. The molecular formula is C18H21F2N3O4. The smallest absolute Gasteiger partial charge is 0.341 e. The number of fused-ring (bicyclic) bond motifs is 1. The van der Waals surface area contributed by atoms with Crippen molar-refractivity contribution < 1.29 is 23.4 Å². The number of aromatic nitrogens is 1. The number of ether oxygens (including phenoxy) is 1. The Bertz CT molecular complexity index is 945. The Hall–Kier alpha value is -2.68. The SMILES string of the molecule is COc1c(N2CCNC(C)C2)c(F)cc2c(=O)c(C(=O)O)cn(CCF)c12. The van der Waals surface area contributed by atoms with Crippen LogP contribution >= 0.6 is 0 Å². The van der Waals surface area contributed by atoms with Crippen molar-refractivity contribution >= 4 is 22.6 Å². The quantitative estimate of drug-likeness (QED) is 0.819. The highest BCUT2D eigenvalue weighted by atomic mass is 19.1. The molecule has 0 radical (unpaired) electrons. The van der Waals surface area contributed by atoms with Crippen LogP contribution in [0.2, 0.25) is 0 Å². The maximum Gasteiger partial charge on any atom is 0.341 e. The Morgan fingerprint density at radius 1 is 1.48 bits per heavy atom. The van der Waals surface area contributed by atoms with Crippen molar-refractivity contribution in [1.29, 1.82) is 0 Å². The van der Waals surface area contributed by atoms with Gasteiger partial charge in [-0.3, -0.25) is 4.79 Å². The van der Waals surface area contributed by atoms with Crippen LogP contribution in [0.1, 0.15) is 17.3 Å². The Labute approximate surface area is 154 Å². The number of nitrogens with zero attached hydrogens (tertiary/aromatic N) is 2. The average Bonchev–Trinajstić information content (AvgIpc) is 2.62. The van der Waals surface area contributed by atoms with E-state index in [2.05, 4.69) is 5.32 Å². The number of nitrogens with one attached hydrogen (secondary N) is 1. The van der Waals surface area contributed by atoms with Crippen molar-refractivity contribution in [2.24, 2.45) is 0 Å². The molecule has 0 aliphatic carbocycles. The molecule has 9 heteroatoms. The minimum absolute atomic E-state index is 0.0987.